The number of amides is 2. The molecule has 190 valence electrons. The molecule has 0 radical (unpaired) electrons. The molecule has 1 fully saturated rings. The SMILES string of the molecule is C/C(=C\c1cc(Br)ccc1O)CC[C@@H](O)C1=C(CO)C[C@H]2C(=O)N(c3ccccc3)C(=O)[C@H]2[C@H]1CO. The number of phenols is 1. The lowest BCUT2D eigenvalue weighted by atomic mass is 9.68. The number of aliphatic hydroxyl groups is 3. The van der Waals surface area contributed by atoms with Crippen LogP contribution in [0.2, 0.25) is 0 Å². The number of carbonyl (C=O) groups excluding carboxylic acids is 2. The lowest BCUT2D eigenvalue weighted by molar-refractivity contribution is -0.123. The van der Waals surface area contributed by atoms with E-state index in [0.717, 1.165) is 10.0 Å². The maximum atomic E-state index is 13.4. The smallest absolute Gasteiger partial charge is 0.238 e. The number of aliphatic hydroxyl groups excluding tert-OH is 3. The van der Waals surface area contributed by atoms with E-state index in [9.17, 15) is 30.0 Å². The first-order valence-corrected chi connectivity index (χ1v) is 12.8. The number of fused-ring (bicyclic) bond motifs is 1. The van der Waals surface area contributed by atoms with Crippen molar-refractivity contribution >= 4 is 39.5 Å². The Labute approximate surface area is 218 Å². The van der Waals surface area contributed by atoms with Crippen LogP contribution in [0.3, 0.4) is 0 Å². The molecule has 0 bridgehead atoms. The lowest BCUT2D eigenvalue weighted by Crippen LogP contribution is -2.39. The molecule has 0 saturated carbocycles. The fraction of sp³-hybridized carbons (Fsp3) is 0.357. The fourth-order valence-electron chi connectivity index (χ4n) is 5.44. The summed E-state index contributed by atoms with van der Waals surface area (Å²) in [4.78, 5) is 27.8. The molecule has 8 heteroatoms. The van der Waals surface area contributed by atoms with Crippen molar-refractivity contribution < 1.29 is 30.0 Å². The van der Waals surface area contributed by atoms with Gasteiger partial charge in [0, 0.05) is 16.0 Å². The summed E-state index contributed by atoms with van der Waals surface area (Å²) < 4.78 is 0.833. The topological polar surface area (TPSA) is 118 Å². The summed E-state index contributed by atoms with van der Waals surface area (Å²) in [7, 11) is 0. The molecule has 4 N–H and O–H groups in total. The van der Waals surface area contributed by atoms with Crippen LogP contribution >= 0.6 is 15.9 Å². The molecule has 2 aromatic rings. The molecule has 4 atom stereocenters. The summed E-state index contributed by atoms with van der Waals surface area (Å²) in [5, 5.41) is 41.7. The highest BCUT2D eigenvalue weighted by Crippen LogP contribution is 2.47. The number of allylic oxidation sites excluding steroid dienone is 1. The minimum Gasteiger partial charge on any atom is -0.507 e. The summed E-state index contributed by atoms with van der Waals surface area (Å²) in [5.74, 6) is -2.83. The normalized spacial score (nSPS) is 23.3. The third kappa shape index (κ3) is 5.04. The average molecular weight is 556 g/mol. The number of nitrogens with zero attached hydrogens (tertiary/aromatic N) is 1. The van der Waals surface area contributed by atoms with E-state index in [2.05, 4.69) is 15.9 Å². The van der Waals surface area contributed by atoms with Crippen LogP contribution in [-0.2, 0) is 9.59 Å². The standard InChI is InChI=1S/C28H30BrNO6/c1-16(11-17-12-19(29)8-10-23(17)33)7-9-24(34)25-18(14-31)13-21-26(22(25)15-32)28(36)30(27(21)35)20-5-3-2-4-6-20/h2-6,8,10-12,21-22,24,26,31-34H,7,9,13-15H2,1H3/b16-11+/t21-,22+,24-,26-/m1/s1. The van der Waals surface area contributed by atoms with Crippen LogP contribution in [0.15, 0.2) is 69.7 Å². The number of imide groups is 1. The molecule has 1 aliphatic heterocycles. The van der Waals surface area contributed by atoms with Gasteiger partial charge in [0.2, 0.25) is 11.8 Å². The first kappa shape index (κ1) is 26.3. The molecule has 2 aliphatic rings. The van der Waals surface area contributed by atoms with Crippen LogP contribution in [0.4, 0.5) is 5.69 Å². The van der Waals surface area contributed by atoms with Gasteiger partial charge in [-0.25, -0.2) is 0 Å². The van der Waals surface area contributed by atoms with Gasteiger partial charge >= 0.3 is 0 Å². The summed E-state index contributed by atoms with van der Waals surface area (Å²) in [6.07, 6.45) is 1.79. The Bertz CT molecular complexity index is 1210. The molecule has 2 amide bonds. The highest BCUT2D eigenvalue weighted by atomic mass is 79.9. The minimum absolute atomic E-state index is 0.148. The maximum Gasteiger partial charge on any atom is 0.238 e. The van der Waals surface area contributed by atoms with Gasteiger partial charge in [-0.1, -0.05) is 45.8 Å². The van der Waals surface area contributed by atoms with Crippen molar-refractivity contribution in [2.45, 2.75) is 32.3 Å². The Morgan fingerprint density at radius 1 is 1.14 bits per heavy atom. The van der Waals surface area contributed by atoms with Crippen LogP contribution in [0.1, 0.15) is 31.7 Å². The predicted octanol–water partition coefficient (Wildman–Crippen LogP) is 3.81. The zero-order valence-electron chi connectivity index (χ0n) is 20.0. The zero-order valence-corrected chi connectivity index (χ0v) is 21.6. The monoisotopic (exact) mass is 555 g/mol. The Kier molecular flexibility index (Phi) is 8.10. The van der Waals surface area contributed by atoms with Gasteiger partial charge in [0.1, 0.15) is 5.75 Å². The molecular formula is C28H30BrNO6. The van der Waals surface area contributed by atoms with E-state index >= 15 is 0 Å². The van der Waals surface area contributed by atoms with Gasteiger partial charge in [-0.3, -0.25) is 14.5 Å². The Hall–Kier alpha value is -2.78. The first-order chi connectivity index (χ1) is 17.3. The second kappa shape index (κ2) is 11.1. The van der Waals surface area contributed by atoms with E-state index < -0.39 is 36.4 Å². The Morgan fingerprint density at radius 3 is 2.53 bits per heavy atom. The number of hydrogen-bond acceptors (Lipinski definition) is 6. The quantitative estimate of drug-likeness (QED) is 0.290. The van der Waals surface area contributed by atoms with Crippen LogP contribution in [-0.4, -0.2) is 51.6 Å². The summed E-state index contributed by atoms with van der Waals surface area (Å²) in [6.45, 7) is 1.12. The molecule has 0 aromatic heterocycles. The van der Waals surface area contributed by atoms with Crippen LogP contribution in [0.25, 0.3) is 6.08 Å². The van der Waals surface area contributed by atoms with Gasteiger partial charge in [0.15, 0.2) is 0 Å². The molecule has 0 spiro atoms. The second-order valence-corrected chi connectivity index (χ2v) is 10.4. The number of halogens is 1. The van der Waals surface area contributed by atoms with Crippen molar-refractivity contribution in [3.8, 4) is 5.75 Å². The number of aromatic hydroxyl groups is 1. The molecule has 0 unspecified atom stereocenters. The van der Waals surface area contributed by atoms with E-state index in [1.807, 2.05) is 13.0 Å². The van der Waals surface area contributed by atoms with Crippen molar-refractivity contribution in [2.75, 3.05) is 18.1 Å². The molecule has 4 rings (SSSR count). The van der Waals surface area contributed by atoms with E-state index in [0.29, 0.717) is 35.2 Å². The van der Waals surface area contributed by atoms with Crippen LogP contribution in [0, 0.1) is 17.8 Å². The second-order valence-electron chi connectivity index (χ2n) is 9.44. The molecule has 7 nitrogen and oxygen atoms in total. The van der Waals surface area contributed by atoms with Gasteiger partial charge in [0.05, 0.1) is 36.8 Å². The summed E-state index contributed by atoms with van der Waals surface area (Å²) in [5.41, 5.74) is 3.00. The number of para-hydroxylation sites is 1. The van der Waals surface area contributed by atoms with Crippen molar-refractivity contribution in [3.05, 3.63) is 75.3 Å². The van der Waals surface area contributed by atoms with E-state index in [1.165, 1.54) is 4.90 Å². The van der Waals surface area contributed by atoms with Gasteiger partial charge < -0.3 is 20.4 Å². The molecule has 1 saturated heterocycles. The summed E-state index contributed by atoms with van der Waals surface area (Å²) in [6, 6.07) is 13.8. The minimum atomic E-state index is -1.00. The van der Waals surface area contributed by atoms with Crippen molar-refractivity contribution in [1.29, 1.82) is 0 Å². The predicted molar refractivity (Wildman–Crippen MR) is 140 cm³/mol. The number of rotatable bonds is 8. The number of phenolic OH excluding ortho intramolecular Hbond substituents is 1. The Balaban J connectivity index is 1.56. The fourth-order valence-corrected chi connectivity index (χ4v) is 5.81. The number of carbonyl (C=O) groups is 2. The average Bonchev–Trinajstić information content (AvgIpc) is 3.13. The number of benzene rings is 2. The third-order valence-corrected chi connectivity index (χ3v) is 7.64. The van der Waals surface area contributed by atoms with E-state index in [1.54, 1.807) is 48.5 Å². The largest absolute Gasteiger partial charge is 0.507 e. The third-order valence-electron chi connectivity index (χ3n) is 7.15. The van der Waals surface area contributed by atoms with Crippen LogP contribution < -0.4 is 4.90 Å². The molecule has 1 heterocycles. The number of anilines is 1. The lowest BCUT2D eigenvalue weighted by Gasteiger charge is -2.36. The Morgan fingerprint density at radius 2 is 1.86 bits per heavy atom. The molecule has 1 aliphatic carbocycles. The van der Waals surface area contributed by atoms with Crippen LogP contribution in [0.5, 0.6) is 5.75 Å². The highest BCUT2D eigenvalue weighted by Gasteiger charge is 2.55. The van der Waals surface area contributed by atoms with Crippen molar-refractivity contribution in [3.63, 3.8) is 0 Å². The number of hydrogen-bond donors (Lipinski definition) is 4. The van der Waals surface area contributed by atoms with E-state index in [-0.39, 0.29) is 24.7 Å². The molecular weight excluding hydrogens is 526 g/mol. The van der Waals surface area contributed by atoms with Crippen molar-refractivity contribution in [1.82, 2.24) is 0 Å². The van der Waals surface area contributed by atoms with Gasteiger partial charge in [0.25, 0.3) is 0 Å². The highest BCUT2D eigenvalue weighted by molar-refractivity contribution is 9.10. The maximum absolute atomic E-state index is 13.4. The van der Waals surface area contributed by atoms with Gasteiger partial charge in [-0.15, -0.1) is 0 Å². The zero-order chi connectivity index (χ0) is 26.0. The van der Waals surface area contributed by atoms with Gasteiger partial charge in [-0.2, -0.15) is 0 Å². The molecule has 2 aromatic carbocycles. The molecule has 36 heavy (non-hydrogen) atoms. The van der Waals surface area contributed by atoms with Crippen molar-refractivity contribution in [2.24, 2.45) is 17.8 Å². The van der Waals surface area contributed by atoms with Gasteiger partial charge in [-0.05, 0) is 67.7 Å². The first-order valence-electron chi connectivity index (χ1n) is 12.0. The summed E-state index contributed by atoms with van der Waals surface area (Å²) >= 11 is 3.39. The van der Waals surface area contributed by atoms with E-state index in [4.69, 9.17) is 0 Å².